The molecule has 0 amide bonds. The Hall–Kier alpha value is -0.570. The van der Waals surface area contributed by atoms with Crippen LogP contribution in [-0.2, 0) is 0 Å². The van der Waals surface area contributed by atoms with E-state index in [1.807, 2.05) is 6.92 Å². The average molecular weight is 325 g/mol. The summed E-state index contributed by atoms with van der Waals surface area (Å²) in [6.45, 7) is 7.78. The van der Waals surface area contributed by atoms with Gasteiger partial charge in [-0.3, -0.25) is 0 Å². The summed E-state index contributed by atoms with van der Waals surface area (Å²) < 4.78 is 1.08. The Morgan fingerprint density at radius 2 is 2.00 bits per heavy atom. The summed E-state index contributed by atoms with van der Waals surface area (Å²) in [6.07, 6.45) is 6.85. The minimum atomic E-state index is 0.497. The zero-order valence-corrected chi connectivity index (χ0v) is 13.9. The van der Waals surface area contributed by atoms with Gasteiger partial charge < -0.3 is 5.32 Å². The number of nitrogens with zero attached hydrogens (tertiary/aromatic N) is 1. The number of nitrogens with one attached hydrogen (secondary N) is 1. The highest BCUT2D eigenvalue weighted by Gasteiger charge is 2.34. The highest BCUT2D eigenvalue weighted by molar-refractivity contribution is 9.10. The van der Waals surface area contributed by atoms with E-state index < -0.39 is 0 Å². The normalized spacial score (nSPS) is 17.9. The maximum absolute atomic E-state index is 4.59. The smallest absolute Gasteiger partial charge is 0.126 e. The van der Waals surface area contributed by atoms with Crippen molar-refractivity contribution >= 4 is 21.7 Å². The zero-order chi connectivity index (χ0) is 13.9. The Labute approximate surface area is 125 Å². The lowest BCUT2D eigenvalue weighted by Crippen LogP contribution is -2.28. The summed E-state index contributed by atoms with van der Waals surface area (Å²) in [7, 11) is 0. The van der Waals surface area contributed by atoms with Gasteiger partial charge in [0.2, 0.25) is 0 Å². The van der Waals surface area contributed by atoms with Crippen LogP contribution in [0.2, 0.25) is 0 Å². The second kappa shape index (κ2) is 6.25. The van der Waals surface area contributed by atoms with Crippen molar-refractivity contribution in [3.63, 3.8) is 0 Å². The van der Waals surface area contributed by atoms with Gasteiger partial charge in [0.15, 0.2) is 0 Å². The molecule has 1 aromatic heterocycles. The topological polar surface area (TPSA) is 24.9 Å². The van der Waals surface area contributed by atoms with E-state index in [0.29, 0.717) is 5.41 Å². The highest BCUT2D eigenvalue weighted by Crippen LogP contribution is 2.43. The molecule has 1 aliphatic rings. The molecule has 0 saturated heterocycles. The van der Waals surface area contributed by atoms with E-state index >= 15 is 0 Å². The van der Waals surface area contributed by atoms with E-state index in [2.05, 4.69) is 52.2 Å². The van der Waals surface area contributed by atoms with Crippen molar-refractivity contribution in [1.29, 1.82) is 0 Å². The first-order valence-corrected chi connectivity index (χ1v) is 8.17. The fourth-order valence-corrected chi connectivity index (χ4v) is 3.59. The van der Waals surface area contributed by atoms with Crippen LogP contribution in [0.5, 0.6) is 0 Å². The van der Waals surface area contributed by atoms with E-state index in [0.717, 1.165) is 28.4 Å². The molecule has 0 atom stereocenters. The summed E-state index contributed by atoms with van der Waals surface area (Å²) in [4.78, 5) is 4.59. The monoisotopic (exact) mass is 324 g/mol. The van der Waals surface area contributed by atoms with Crippen LogP contribution < -0.4 is 5.32 Å². The fourth-order valence-electron chi connectivity index (χ4n) is 3.36. The SMILES string of the molecule is Cc1nc(NCC2(CC(C)C)CCCC2)ccc1Br. The summed E-state index contributed by atoms with van der Waals surface area (Å²) in [5.41, 5.74) is 1.55. The third-order valence-electron chi connectivity index (χ3n) is 4.17. The molecule has 1 fully saturated rings. The number of anilines is 1. The first-order chi connectivity index (χ1) is 9.01. The van der Waals surface area contributed by atoms with Gasteiger partial charge in [-0.05, 0) is 65.6 Å². The number of hydrogen-bond acceptors (Lipinski definition) is 2. The van der Waals surface area contributed by atoms with Crippen LogP contribution in [0.4, 0.5) is 5.82 Å². The van der Waals surface area contributed by atoms with E-state index in [9.17, 15) is 0 Å². The Balaban J connectivity index is 2.00. The standard InChI is InChI=1S/C16H25BrN2/c1-12(2)10-16(8-4-5-9-16)11-18-15-7-6-14(17)13(3)19-15/h6-7,12H,4-5,8-11H2,1-3H3,(H,18,19). The van der Waals surface area contributed by atoms with E-state index in [-0.39, 0.29) is 0 Å². The van der Waals surface area contributed by atoms with Gasteiger partial charge in [0, 0.05) is 11.0 Å². The van der Waals surface area contributed by atoms with E-state index in [4.69, 9.17) is 0 Å². The quantitative estimate of drug-likeness (QED) is 0.808. The molecule has 1 aliphatic carbocycles. The maximum Gasteiger partial charge on any atom is 0.126 e. The van der Waals surface area contributed by atoms with Crippen LogP contribution >= 0.6 is 15.9 Å². The zero-order valence-electron chi connectivity index (χ0n) is 12.3. The first-order valence-electron chi connectivity index (χ1n) is 7.38. The van der Waals surface area contributed by atoms with Crippen molar-refractivity contribution in [3.05, 3.63) is 22.3 Å². The van der Waals surface area contributed by atoms with Gasteiger partial charge in [-0.1, -0.05) is 26.7 Å². The van der Waals surface area contributed by atoms with Gasteiger partial charge >= 0.3 is 0 Å². The second-order valence-electron chi connectivity index (χ2n) is 6.42. The first kappa shape index (κ1) is 14.8. The van der Waals surface area contributed by atoms with Gasteiger partial charge in [0.05, 0.1) is 5.69 Å². The predicted octanol–water partition coefficient (Wildman–Crippen LogP) is 5.17. The fraction of sp³-hybridized carbons (Fsp3) is 0.688. The van der Waals surface area contributed by atoms with Crippen LogP contribution in [-0.4, -0.2) is 11.5 Å². The van der Waals surface area contributed by atoms with Crippen molar-refractivity contribution in [2.24, 2.45) is 11.3 Å². The number of aromatic nitrogens is 1. The molecule has 0 aliphatic heterocycles. The number of aryl methyl sites for hydroxylation is 1. The average Bonchev–Trinajstić information content (AvgIpc) is 2.79. The van der Waals surface area contributed by atoms with Crippen LogP contribution in [0.15, 0.2) is 16.6 Å². The second-order valence-corrected chi connectivity index (χ2v) is 7.28. The van der Waals surface area contributed by atoms with Gasteiger partial charge in [0.25, 0.3) is 0 Å². The van der Waals surface area contributed by atoms with Crippen LogP contribution in [0.25, 0.3) is 0 Å². The van der Waals surface area contributed by atoms with E-state index in [1.54, 1.807) is 0 Å². The minimum absolute atomic E-state index is 0.497. The molecule has 0 aromatic carbocycles. The minimum Gasteiger partial charge on any atom is -0.370 e. The summed E-state index contributed by atoms with van der Waals surface area (Å²) in [5.74, 6) is 1.79. The van der Waals surface area contributed by atoms with Crippen LogP contribution in [0.1, 0.15) is 51.6 Å². The van der Waals surface area contributed by atoms with Crippen LogP contribution in [0.3, 0.4) is 0 Å². The summed E-state index contributed by atoms with van der Waals surface area (Å²) in [6, 6.07) is 4.14. The van der Waals surface area contributed by atoms with Crippen molar-refractivity contribution in [2.45, 2.75) is 52.9 Å². The molecule has 106 valence electrons. The molecule has 2 rings (SSSR count). The van der Waals surface area contributed by atoms with Gasteiger partial charge in [-0.25, -0.2) is 4.98 Å². The molecule has 1 heterocycles. The Bertz CT molecular complexity index is 423. The molecule has 0 bridgehead atoms. The molecule has 2 nitrogen and oxygen atoms in total. The Morgan fingerprint density at radius 3 is 2.58 bits per heavy atom. The third-order valence-corrected chi connectivity index (χ3v) is 5.01. The van der Waals surface area contributed by atoms with Crippen molar-refractivity contribution in [3.8, 4) is 0 Å². The molecule has 1 saturated carbocycles. The molecular formula is C16H25BrN2. The number of rotatable bonds is 5. The van der Waals surface area contributed by atoms with Crippen molar-refractivity contribution < 1.29 is 0 Å². The van der Waals surface area contributed by atoms with Crippen LogP contribution in [0, 0.1) is 18.3 Å². The molecule has 3 heteroatoms. The molecule has 0 unspecified atom stereocenters. The molecule has 1 aromatic rings. The largest absolute Gasteiger partial charge is 0.370 e. The Morgan fingerprint density at radius 1 is 1.32 bits per heavy atom. The third kappa shape index (κ3) is 3.95. The van der Waals surface area contributed by atoms with Crippen molar-refractivity contribution in [2.75, 3.05) is 11.9 Å². The lowest BCUT2D eigenvalue weighted by Gasteiger charge is -2.31. The Kier molecular flexibility index (Phi) is 4.88. The summed E-state index contributed by atoms with van der Waals surface area (Å²) >= 11 is 3.50. The number of pyridine rings is 1. The molecule has 19 heavy (non-hydrogen) atoms. The summed E-state index contributed by atoms with van der Waals surface area (Å²) in [5, 5.41) is 3.57. The maximum atomic E-state index is 4.59. The lowest BCUT2D eigenvalue weighted by molar-refractivity contribution is 0.252. The van der Waals surface area contributed by atoms with Gasteiger partial charge in [-0.2, -0.15) is 0 Å². The molecule has 1 N–H and O–H groups in total. The number of hydrogen-bond donors (Lipinski definition) is 1. The highest BCUT2D eigenvalue weighted by atomic mass is 79.9. The molecule has 0 radical (unpaired) electrons. The van der Waals surface area contributed by atoms with Gasteiger partial charge in [0.1, 0.15) is 5.82 Å². The molecule has 0 spiro atoms. The van der Waals surface area contributed by atoms with Gasteiger partial charge in [-0.15, -0.1) is 0 Å². The van der Waals surface area contributed by atoms with Crippen molar-refractivity contribution in [1.82, 2.24) is 4.98 Å². The predicted molar refractivity (Wildman–Crippen MR) is 85.5 cm³/mol. The lowest BCUT2D eigenvalue weighted by atomic mass is 9.78. The number of halogens is 1. The van der Waals surface area contributed by atoms with E-state index in [1.165, 1.54) is 32.1 Å². The molecular weight excluding hydrogens is 300 g/mol.